The van der Waals surface area contributed by atoms with E-state index in [0.29, 0.717) is 15.1 Å². The Balaban J connectivity index is 2.09. The summed E-state index contributed by atoms with van der Waals surface area (Å²) in [7, 11) is 0. The number of fused-ring (bicyclic) bond motifs is 1. The second kappa shape index (κ2) is 6.10. The van der Waals surface area contributed by atoms with Gasteiger partial charge in [0.1, 0.15) is 9.35 Å². The predicted molar refractivity (Wildman–Crippen MR) is 94.1 cm³/mol. The first-order valence-corrected chi connectivity index (χ1v) is 8.26. The van der Waals surface area contributed by atoms with E-state index in [-0.39, 0.29) is 10.4 Å². The number of carboxylic acids is 1. The Kier molecular flexibility index (Phi) is 4.14. The number of thiazole rings is 1. The highest BCUT2D eigenvalue weighted by molar-refractivity contribution is 9.10. The first-order chi connectivity index (χ1) is 11.0. The SMILES string of the molecule is Cc1cccc(/C=C/c2nc3sc(C(=O)O)cn3c(=O)c2Br)c1. The highest BCUT2D eigenvalue weighted by Crippen LogP contribution is 2.20. The van der Waals surface area contributed by atoms with E-state index in [1.54, 1.807) is 6.08 Å². The van der Waals surface area contributed by atoms with Crippen LogP contribution in [0.1, 0.15) is 26.5 Å². The van der Waals surface area contributed by atoms with Crippen LogP contribution in [-0.4, -0.2) is 20.5 Å². The topological polar surface area (TPSA) is 71.7 Å². The minimum Gasteiger partial charge on any atom is -0.477 e. The average molecular weight is 391 g/mol. The number of benzene rings is 1. The summed E-state index contributed by atoms with van der Waals surface area (Å²) >= 11 is 4.21. The van der Waals surface area contributed by atoms with Gasteiger partial charge in [-0.15, -0.1) is 0 Å². The predicted octanol–water partition coefficient (Wildman–Crippen LogP) is 3.70. The number of hydrogen-bond acceptors (Lipinski definition) is 4. The molecule has 5 nitrogen and oxygen atoms in total. The molecular formula is C16H11BrN2O3S. The van der Waals surface area contributed by atoms with Gasteiger partial charge in [0.05, 0.1) is 5.69 Å². The van der Waals surface area contributed by atoms with Crippen molar-refractivity contribution in [2.75, 3.05) is 0 Å². The number of aromatic carboxylic acids is 1. The lowest BCUT2D eigenvalue weighted by atomic mass is 10.1. The lowest BCUT2D eigenvalue weighted by molar-refractivity contribution is 0.0702. The fourth-order valence-corrected chi connectivity index (χ4v) is 3.33. The third-order valence-corrected chi connectivity index (χ3v) is 4.90. The molecule has 0 bridgehead atoms. The number of hydrogen-bond donors (Lipinski definition) is 1. The Labute approximate surface area is 143 Å². The third kappa shape index (κ3) is 3.11. The molecular weight excluding hydrogens is 380 g/mol. The zero-order valence-corrected chi connectivity index (χ0v) is 14.4. The summed E-state index contributed by atoms with van der Waals surface area (Å²) in [6, 6.07) is 7.93. The molecule has 23 heavy (non-hydrogen) atoms. The minimum absolute atomic E-state index is 0.0707. The summed E-state index contributed by atoms with van der Waals surface area (Å²) in [6.45, 7) is 2.00. The van der Waals surface area contributed by atoms with Crippen LogP contribution < -0.4 is 5.56 Å². The van der Waals surface area contributed by atoms with Crippen LogP contribution in [0.25, 0.3) is 17.1 Å². The zero-order chi connectivity index (χ0) is 16.6. The van der Waals surface area contributed by atoms with Crippen LogP contribution in [0.2, 0.25) is 0 Å². The van der Waals surface area contributed by atoms with E-state index >= 15 is 0 Å². The van der Waals surface area contributed by atoms with Crippen LogP contribution in [0, 0.1) is 6.92 Å². The molecule has 0 saturated heterocycles. The summed E-state index contributed by atoms with van der Waals surface area (Å²) in [5.74, 6) is -1.08. The van der Waals surface area contributed by atoms with E-state index in [1.165, 1.54) is 10.6 Å². The Bertz CT molecular complexity index is 1000. The molecule has 0 aliphatic carbocycles. The van der Waals surface area contributed by atoms with Gasteiger partial charge in [0.2, 0.25) is 0 Å². The minimum atomic E-state index is -1.08. The fourth-order valence-electron chi connectivity index (χ4n) is 2.09. The third-order valence-electron chi connectivity index (χ3n) is 3.19. The molecule has 3 rings (SSSR count). The normalized spacial score (nSPS) is 11.4. The van der Waals surface area contributed by atoms with E-state index in [2.05, 4.69) is 20.9 Å². The molecule has 2 heterocycles. The largest absolute Gasteiger partial charge is 0.477 e. The van der Waals surface area contributed by atoms with Crippen LogP contribution in [0.5, 0.6) is 0 Å². The first kappa shape index (κ1) is 15.6. The molecule has 1 aromatic carbocycles. The molecule has 116 valence electrons. The molecule has 0 unspecified atom stereocenters. The number of nitrogens with zero attached hydrogens (tertiary/aromatic N) is 2. The van der Waals surface area contributed by atoms with Gasteiger partial charge in [-0.1, -0.05) is 47.2 Å². The van der Waals surface area contributed by atoms with Gasteiger partial charge in [-0.25, -0.2) is 9.78 Å². The molecule has 0 spiro atoms. The van der Waals surface area contributed by atoms with E-state index in [4.69, 9.17) is 5.11 Å². The highest BCUT2D eigenvalue weighted by Gasteiger charge is 2.14. The number of rotatable bonds is 3. The molecule has 0 aliphatic heterocycles. The summed E-state index contributed by atoms with van der Waals surface area (Å²) in [5.41, 5.74) is 2.27. The van der Waals surface area contributed by atoms with Gasteiger partial charge in [0.25, 0.3) is 5.56 Å². The Morgan fingerprint density at radius 2 is 2.17 bits per heavy atom. The Morgan fingerprint density at radius 3 is 2.87 bits per heavy atom. The number of aryl methyl sites for hydroxylation is 1. The number of halogens is 1. The second-order valence-corrected chi connectivity index (χ2v) is 6.72. The molecule has 7 heteroatoms. The molecule has 0 saturated carbocycles. The zero-order valence-electron chi connectivity index (χ0n) is 12.0. The lowest BCUT2D eigenvalue weighted by Gasteiger charge is -1.99. The average Bonchev–Trinajstić information content (AvgIpc) is 2.94. The van der Waals surface area contributed by atoms with Gasteiger partial charge in [-0.05, 0) is 34.5 Å². The summed E-state index contributed by atoms with van der Waals surface area (Å²) in [4.78, 5) is 28.1. The van der Waals surface area contributed by atoms with Crippen molar-refractivity contribution in [1.29, 1.82) is 0 Å². The Morgan fingerprint density at radius 1 is 1.39 bits per heavy atom. The molecule has 0 amide bonds. The summed E-state index contributed by atoms with van der Waals surface area (Å²) in [5, 5.41) is 9.03. The molecule has 0 fully saturated rings. The monoisotopic (exact) mass is 390 g/mol. The van der Waals surface area contributed by atoms with Crippen LogP contribution in [0.3, 0.4) is 0 Å². The van der Waals surface area contributed by atoms with E-state index in [1.807, 2.05) is 37.3 Å². The van der Waals surface area contributed by atoms with Crippen molar-refractivity contribution in [1.82, 2.24) is 9.38 Å². The highest BCUT2D eigenvalue weighted by atomic mass is 79.9. The Hall–Kier alpha value is -2.25. The molecule has 0 aliphatic rings. The van der Waals surface area contributed by atoms with Crippen molar-refractivity contribution in [3.8, 4) is 0 Å². The number of carbonyl (C=O) groups is 1. The summed E-state index contributed by atoms with van der Waals surface area (Å²) < 4.78 is 1.54. The van der Waals surface area contributed by atoms with Crippen molar-refractivity contribution in [2.24, 2.45) is 0 Å². The van der Waals surface area contributed by atoms with Gasteiger partial charge < -0.3 is 5.11 Å². The number of carboxylic acid groups (broad SMARTS) is 1. The maximum absolute atomic E-state index is 12.3. The van der Waals surface area contributed by atoms with Gasteiger partial charge in [0.15, 0.2) is 4.96 Å². The van der Waals surface area contributed by atoms with E-state index in [9.17, 15) is 9.59 Å². The van der Waals surface area contributed by atoms with Crippen molar-refractivity contribution in [3.05, 3.63) is 67.0 Å². The fraction of sp³-hybridized carbons (Fsp3) is 0.0625. The maximum Gasteiger partial charge on any atom is 0.347 e. The molecule has 3 aromatic rings. The molecule has 0 radical (unpaired) electrons. The van der Waals surface area contributed by atoms with Crippen molar-refractivity contribution >= 4 is 50.3 Å². The van der Waals surface area contributed by atoms with Crippen LogP contribution >= 0.6 is 27.3 Å². The van der Waals surface area contributed by atoms with E-state index in [0.717, 1.165) is 22.5 Å². The van der Waals surface area contributed by atoms with Crippen LogP contribution in [0.4, 0.5) is 0 Å². The van der Waals surface area contributed by atoms with Crippen molar-refractivity contribution < 1.29 is 9.90 Å². The van der Waals surface area contributed by atoms with Gasteiger partial charge in [-0.2, -0.15) is 0 Å². The van der Waals surface area contributed by atoms with Gasteiger partial charge in [0, 0.05) is 6.20 Å². The van der Waals surface area contributed by atoms with Gasteiger partial charge in [-0.3, -0.25) is 9.20 Å². The number of aromatic nitrogens is 2. The molecule has 1 N–H and O–H groups in total. The first-order valence-electron chi connectivity index (χ1n) is 6.65. The quantitative estimate of drug-likeness (QED) is 0.739. The van der Waals surface area contributed by atoms with Crippen molar-refractivity contribution in [3.63, 3.8) is 0 Å². The molecule has 2 aromatic heterocycles. The van der Waals surface area contributed by atoms with Crippen LogP contribution in [0.15, 0.2) is 39.7 Å². The summed E-state index contributed by atoms with van der Waals surface area (Å²) in [6.07, 6.45) is 4.89. The van der Waals surface area contributed by atoms with Crippen LogP contribution in [-0.2, 0) is 0 Å². The van der Waals surface area contributed by atoms with E-state index < -0.39 is 5.97 Å². The second-order valence-electron chi connectivity index (χ2n) is 4.92. The smallest absolute Gasteiger partial charge is 0.347 e. The van der Waals surface area contributed by atoms with Crippen molar-refractivity contribution in [2.45, 2.75) is 6.92 Å². The van der Waals surface area contributed by atoms with Gasteiger partial charge >= 0.3 is 5.97 Å². The molecule has 0 atom stereocenters. The standard InChI is InChI=1S/C16H11BrN2O3S/c1-9-3-2-4-10(7-9)5-6-11-13(17)14(20)19-8-12(15(21)22)23-16(19)18-11/h2-8H,1H3,(H,21,22)/b6-5+. The maximum atomic E-state index is 12.3. The lowest BCUT2D eigenvalue weighted by Crippen LogP contribution is -2.15.